The summed E-state index contributed by atoms with van der Waals surface area (Å²) in [7, 11) is 0. The van der Waals surface area contributed by atoms with E-state index in [0.29, 0.717) is 35.1 Å². The van der Waals surface area contributed by atoms with E-state index in [1.165, 1.54) is 6.07 Å². The molecule has 0 radical (unpaired) electrons. The summed E-state index contributed by atoms with van der Waals surface area (Å²) in [6.07, 6.45) is 3.93. The van der Waals surface area contributed by atoms with Crippen molar-refractivity contribution in [1.82, 2.24) is 25.0 Å². The Morgan fingerprint density at radius 3 is 2.90 bits per heavy atom. The lowest BCUT2D eigenvalue weighted by atomic mass is 10.2. The minimum absolute atomic E-state index is 0.238. The van der Waals surface area contributed by atoms with Gasteiger partial charge in [-0.2, -0.15) is 0 Å². The van der Waals surface area contributed by atoms with Gasteiger partial charge < -0.3 is 9.88 Å². The van der Waals surface area contributed by atoms with E-state index in [2.05, 4.69) is 25.7 Å². The molecule has 2 heterocycles. The summed E-state index contributed by atoms with van der Waals surface area (Å²) >= 11 is 0. The van der Waals surface area contributed by atoms with Crippen molar-refractivity contribution < 1.29 is 4.39 Å². The van der Waals surface area contributed by atoms with E-state index < -0.39 is 0 Å². The van der Waals surface area contributed by atoms with E-state index in [-0.39, 0.29) is 5.82 Å². The molecule has 1 saturated carbocycles. The zero-order valence-electron chi connectivity index (χ0n) is 11.2. The van der Waals surface area contributed by atoms with E-state index in [0.717, 1.165) is 12.8 Å². The predicted molar refractivity (Wildman–Crippen MR) is 75.3 cm³/mol. The Labute approximate surface area is 120 Å². The van der Waals surface area contributed by atoms with Gasteiger partial charge in [-0.15, -0.1) is 10.2 Å². The number of imidazole rings is 1. The van der Waals surface area contributed by atoms with Crippen molar-refractivity contribution in [3.8, 4) is 0 Å². The first-order valence-electron chi connectivity index (χ1n) is 6.85. The van der Waals surface area contributed by atoms with Crippen LogP contribution in [0.5, 0.6) is 0 Å². The molecule has 1 aliphatic rings. The Balaban J connectivity index is 1.71. The molecule has 1 fully saturated rings. The van der Waals surface area contributed by atoms with Crippen molar-refractivity contribution >= 4 is 17.0 Å². The molecule has 0 atom stereocenters. The summed E-state index contributed by atoms with van der Waals surface area (Å²) in [6.45, 7) is 0.366. The molecule has 3 aromatic rings. The van der Waals surface area contributed by atoms with E-state index in [1.807, 2.05) is 6.07 Å². The lowest BCUT2D eigenvalue weighted by molar-refractivity contribution is 0.600. The van der Waals surface area contributed by atoms with Crippen molar-refractivity contribution in [3.63, 3.8) is 0 Å². The molecule has 1 aliphatic carbocycles. The summed E-state index contributed by atoms with van der Waals surface area (Å²) in [5.41, 5.74) is 1.87. The molecule has 21 heavy (non-hydrogen) atoms. The quantitative estimate of drug-likeness (QED) is 0.793. The maximum Gasteiger partial charge on any atom is 0.188 e. The zero-order valence-corrected chi connectivity index (χ0v) is 11.2. The summed E-state index contributed by atoms with van der Waals surface area (Å²) < 4.78 is 15.5. The third-order valence-corrected chi connectivity index (χ3v) is 3.54. The number of benzene rings is 1. The molecule has 0 bridgehead atoms. The van der Waals surface area contributed by atoms with Crippen molar-refractivity contribution in [2.75, 3.05) is 5.32 Å². The molecule has 0 spiro atoms. The van der Waals surface area contributed by atoms with Crippen LogP contribution in [0.15, 0.2) is 30.6 Å². The maximum atomic E-state index is 13.7. The van der Waals surface area contributed by atoms with Gasteiger partial charge in [0.05, 0.1) is 12.9 Å². The first kappa shape index (κ1) is 12.2. The third-order valence-electron chi connectivity index (χ3n) is 3.54. The SMILES string of the molecule is Fc1ccccc1Cn1cnc2c(NC3CC3)nnnc21. The summed E-state index contributed by atoms with van der Waals surface area (Å²) in [5.74, 6) is 0.410. The van der Waals surface area contributed by atoms with Crippen LogP contribution in [0.3, 0.4) is 0 Å². The number of hydrogen-bond donors (Lipinski definition) is 1. The van der Waals surface area contributed by atoms with Gasteiger partial charge in [0.2, 0.25) is 0 Å². The highest BCUT2D eigenvalue weighted by molar-refractivity contribution is 5.82. The van der Waals surface area contributed by atoms with Gasteiger partial charge in [-0.25, -0.2) is 9.37 Å². The second-order valence-corrected chi connectivity index (χ2v) is 5.19. The van der Waals surface area contributed by atoms with Crippen LogP contribution >= 0.6 is 0 Å². The Kier molecular flexibility index (Phi) is 2.77. The summed E-state index contributed by atoms with van der Waals surface area (Å²) in [4.78, 5) is 4.34. The van der Waals surface area contributed by atoms with Gasteiger partial charge in [0.1, 0.15) is 5.82 Å². The van der Waals surface area contributed by atoms with Crippen LogP contribution in [0.2, 0.25) is 0 Å². The number of hydrogen-bond acceptors (Lipinski definition) is 5. The van der Waals surface area contributed by atoms with Crippen molar-refractivity contribution in [2.45, 2.75) is 25.4 Å². The molecular formula is C14H13FN6. The fourth-order valence-electron chi connectivity index (χ4n) is 2.25. The Bertz CT molecular complexity index is 795. The number of anilines is 1. The van der Waals surface area contributed by atoms with Crippen LogP contribution in [0.25, 0.3) is 11.2 Å². The molecular weight excluding hydrogens is 271 g/mol. The standard InChI is InChI=1S/C14H13FN6/c15-11-4-2-1-3-9(11)7-21-8-16-12-13(17-10-5-6-10)18-20-19-14(12)21/h1-4,8,10H,5-7H2,(H,17,18,19). The zero-order chi connectivity index (χ0) is 14.2. The Morgan fingerprint density at radius 1 is 1.24 bits per heavy atom. The van der Waals surface area contributed by atoms with E-state index >= 15 is 0 Å². The van der Waals surface area contributed by atoms with Crippen LogP contribution in [0.1, 0.15) is 18.4 Å². The highest BCUT2D eigenvalue weighted by Gasteiger charge is 2.23. The molecule has 0 unspecified atom stereocenters. The highest BCUT2D eigenvalue weighted by Crippen LogP contribution is 2.26. The number of fused-ring (bicyclic) bond motifs is 1. The van der Waals surface area contributed by atoms with Crippen LogP contribution in [0, 0.1) is 5.82 Å². The van der Waals surface area contributed by atoms with Crippen LogP contribution in [0.4, 0.5) is 10.2 Å². The first-order chi connectivity index (χ1) is 10.3. The molecule has 4 rings (SSSR count). The fraction of sp³-hybridized carbons (Fsp3) is 0.286. The number of nitrogens with one attached hydrogen (secondary N) is 1. The Hall–Kier alpha value is -2.57. The minimum atomic E-state index is -0.238. The Morgan fingerprint density at radius 2 is 2.10 bits per heavy atom. The summed E-state index contributed by atoms with van der Waals surface area (Å²) in [6, 6.07) is 7.14. The highest BCUT2D eigenvalue weighted by atomic mass is 19.1. The molecule has 0 saturated heterocycles. The van der Waals surface area contributed by atoms with Gasteiger partial charge in [-0.3, -0.25) is 0 Å². The number of aromatic nitrogens is 5. The fourth-order valence-corrected chi connectivity index (χ4v) is 2.25. The number of nitrogens with zero attached hydrogens (tertiary/aromatic N) is 5. The molecule has 2 aromatic heterocycles. The van der Waals surface area contributed by atoms with Crippen molar-refractivity contribution in [3.05, 3.63) is 42.0 Å². The molecule has 6 nitrogen and oxygen atoms in total. The van der Waals surface area contributed by atoms with Crippen molar-refractivity contribution in [1.29, 1.82) is 0 Å². The molecule has 0 amide bonds. The van der Waals surface area contributed by atoms with Gasteiger partial charge in [0.15, 0.2) is 17.0 Å². The van der Waals surface area contributed by atoms with Gasteiger partial charge >= 0.3 is 0 Å². The molecule has 7 heteroatoms. The van der Waals surface area contributed by atoms with E-state index in [1.54, 1.807) is 23.0 Å². The monoisotopic (exact) mass is 284 g/mol. The van der Waals surface area contributed by atoms with Crippen LogP contribution in [-0.2, 0) is 6.54 Å². The normalized spacial score (nSPS) is 14.5. The minimum Gasteiger partial charge on any atom is -0.364 e. The lowest BCUT2D eigenvalue weighted by Gasteiger charge is -2.05. The third kappa shape index (κ3) is 2.31. The van der Waals surface area contributed by atoms with Gasteiger partial charge in [0, 0.05) is 11.6 Å². The second kappa shape index (κ2) is 4.76. The second-order valence-electron chi connectivity index (χ2n) is 5.19. The average molecular weight is 284 g/mol. The predicted octanol–water partition coefficient (Wildman–Crippen LogP) is 1.98. The van der Waals surface area contributed by atoms with Crippen molar-refractivity contribution in [2.24, 2.45) is 0 Å². The molecule has 1 aromatic carbocycles. The van der Waals surface area contributed by atoms with Gasteiger partial charge in [0.25, 0.3) is 0 Å². The smallest absolute Gasteiger partial charge is 0.188 e. The average Bonchev–Trinajstić information content (AvgIpc) is 3.21. The first-order valence-corrected chi connectivity index (χ1v) is 6.85. The van der Waals surface area contributed by atoms with E-state index in [9.17, 15) is 4.39 Å². The van der Waals surface area contributed by atoms with E-state index in [4.69, 9.17) is 0 Å². The maximum absolute atomic E-state index is 13.7. The molecule has 1 N–H and O–H groups in total. The largest absolute Gasteiger partial charge is 0.364 e. The van der Waals surface area contributed by atoms with Crippen LogP contribution in [-0.4, -0.2) is 31.0 Å². The topological polar surface area (TPSA) is 68.5 Å². The molecule has 106 valence electrons. The van der Waals surface area contributed by atoms with Crippen LogP contribution < -0.4 is 5.32 Å². The number of halogens is 1. The number of rotatable bonds is 4. The van der Waals surface area contributed by atoms with Gasteiger partial charge in [-0.1, -0.05) is 18.2 Å². The summed E-state index contributed by atoms with van der Waals surface area (Å²) in [5, 5.41) is 15.1. The molecule has 0 aliphatic heterocycles. The lowest BCUT2D eigenvalue weighted by Crippen LogP contribution is -2.07. The van der Waals surface area contributed by atoms with Gasteiger partial charge in [-0.05, 0) is 24.1 Å².